The maximum Gasteiger partial charge on any atom is 0.122 e. The molecule has 25 heavy (non-hydrogen) atoms. The first kappa shape index (κ1) is 16.6. The smallest absolute Gasteiger partial charge is 0.122 e. The van der Waals surface area contributed by atoms with E-state index in [1.54, 1.807) is 0 Å². The normalized spacial score (nSPS) is 21.6. The minimum Gasteiger partial charge on any atom is -0.493 e. The molecule has 2 aliphatic rings. The molecule has 4 rings (SSSR count). The molecule has 1 fully saturated rings. The zero-order valence-corrected chi connectivity index (χ0v) is 15.6. The van der Waals surface area contributed by atoms with Crippen LogP contribution in [-0.4, -0.2) is 29.6 Å². The number of rotatable bonds is 3. The van der Waals surface area contributed by atoms with E-state index in [0.717, 1.165) is 36.7 Å². The van der Waals surface area contributed by atoms with Gasteiger partial charge in [0.1, 0.15) is 5.75 Å². The Morgan fingerprint density at radius 3 is 2.76 bits per heavy atom. The van der Waals surface area contributed by atoms with Crippen LogP contribution in [0.3, 0.4) is 0 Å². The number of benzene rings is 1. The zero-order valence-electron chi connectivity index (χ0n) is 15.6. The Kier molecular flexibility index (Phi) is 4.51. The van der Waals surface area contributed by atoms with Gasteiger partial charge in [-0.1, -0.05) is 12.1 Å². The highest BCUT2D eigenvalue weighted by molar-refractivity contribution is 5.41. The van der Waals surface area contributed by atoms with Crippen molar-refractivity contribution >= 4 is 0 Å². The van der Waals surface area contributed by atoms with E-state index < -0.39 is 0 Å². The fourth-order valence-corrected chi connectivity index (χ4v) is 4.39. The molecule has 1 saturated heterocycles. The van der Waals surface area contributed by atoms with Gasteiger partial charge in [0.15, 0.2) is 0 Å². The largest absolute Gasteiger partial charge is 0.493 e. The van der Waals surface area contributed by atoms with Gasteiger partial charge in [-0.25, -0.2) is 0 Å². The molecule has 0 N–H and O–H groups in total. The Bertz CT molecular complexity index is 750. The second-order valence-corrected chi connectivity index (χ2v) is 7.66. The number of pyridine rings is 1. The molecule has 2 aromatic rings. The predicted molar refractivity (Wildman–Crippen MR) is 101 cm³/mol. The summed E-state index contributed by atoms with van der Waals surface area (Å²) in [6.45, 7) is 9.68. The lowest BCUT2D eigenvalue weighted by Crippen LogP contribution is -2.36. The van der Waals surface area contributed by atoms with Gasteiger partial charge in [0.05, 0.1) is 6.61 Å². The van der Waals surface area contributed by atoms with Crippen molar-refractivity contribution < 1.29 is 4.74 Å². The summed E-state index contributed by atoms with van der Waals surface area (Å²) in [6, 6.07) is 11.8. The van der Waals surface area contributed by atoms with Crippen LogP contribution >= 0.6 is 0 Å². The van der Waals surface area contributed by atoms with E-state index in [1.165, 1.54) is 36.1 Å². The molecule has 2 atom stereocenters. The zero-order chi connectivity index (χ0) is 17.4. The lowest BCUT2D eigenvalue weighted by atomic mass is 9.89. The maximum absolute atomic E-state index is 5.77. The van der Waals surface area contributed by atoms with Gasteiger partial charge in [-0.15, -0.1) is 0 Å². The van der Waals surface area contributed by atoms with Crippen LogP contribution in [0.25, 0.3) is 0 Å². The molecule has 1 aromatic heterocycles. The minimum atomic E-state index is 0.432. The summed E-state index contributed by atoms with van der Waals surface area (Å²) >= 11 is 0. The van der Waals surface area contributed by atoms with Gasteiger partial charge in [0.2, 0.25) is 0 Å². The van der Waals surface area contributed by atoms with Gasteiger partial charge < -0.3 is 4.74 Å². The molecule has 3 nitrogen and oxygen atoms in total. The number of piperidine rings is 1. The number of aryl methyl sites for hydroxylation is 2. The van der Waals surface area contributed by atoms with E-state index in [4.69, 9.17) is 4.74 Å². The molecular weight excluding hydrogens is 308 g/mol. The number of hydrogen-bond acceptors (Lipinski definition) is 3. The van der Waals surface area contributed by atoms with Gasteiger partial charge in [0.25, 0.3) is 0 Å². The molecule has 2 aliphatic heterocycles. The number of aromatic nitrogens is 1. The standard InChI is InChI=1S/C22H28N2O/c1-15-11-21(12-16(2)23-15)20-5-4-9-24(14-20)17(3)19-7-6-18-8-10-25-22(18)13-19/h6-7,11-13,17,20H,4-5,8-10,14H2,1-3H3/t17-,20-/m1/s1. The second kappa shape index (κ2) is 6.80. The molecular formula is C22H28N2O. The minimum absolute atomic E-state index is 0.432. The summed E-state index contributed by atoms with van der Waals surface area (Å²) in [5.74, 6) is 1.71. The maximum atomic E-state index is 5.77. The first-order chi connectivity index (χ1) is 12.1. The summed E-state index contributed by atoms with van der Waals surface area (Å²) in [5, 5.41) is 0. The summed E-state index contributed by atoms with van der Waals surface area (Å²) in [7, 11) is 0. The monoisotopic (exact) mass is 336 g/mol. The Hall–Kier alpha value is -1.87. The summed E-state index contributed by atoms with van der Waals surface area (Å²) in [5.41, 5.74) is 6.46. The third-order valence-corrected chi connectivity index (χ3v) is 5.78. The van der Waals surface area contributed by atoms with E-state index in [1.807, 2.05) is 0 Å². The lowest BCUT2D eigenvalue weighted by Gasteiger charge is -2.37. The number of nitrogens with zero attached hydrogens (tertiary/aromatic N) is 2. The fourth-order valence-electron chi connectivity index (χ4n) is 4.39. The Balaban J connectivity index is 1.52. The summed E-state index contributed by atoms with van der Waals surface area (Å²) in [4.78, 5) is 7.17. The Morgan fingerprint density at radius 2 is 1.96 bits per heavy atom. The van der Waals surface area contributed by atoms with Crippen molar-refractivity contribution in [3.8, 4) is 5.75 Å². The first-order valence-electron chi connectivity index (χ1n) is 9.55. The molecule has 0 unspecified atom stereocenters. The quantitative estimate of drug-likeness (QED) is 0.821. The third-order valence-electron chi connectivity index (χ3n) is 5.78. The molecule has 0 bridgehead atoms. The lowest BCUT2D eigenvalue weighted by molar-refractivity contribution is 0.158. The Labute approximate surface area is 151 Å². The van der Waals surface area contributed by atoms with Crippen molar-refractivity contribution in [1.82, 2.24) is 9.88 Å². The SMILES string of the molecule is Cc1cc([C@@H]2CCCN([C@H](C)c3ccc4c(c3)OCC4)C2)cc(C)n1. The van der Waals surface area contributed by atoms with Crippen LogP contribution in [0.15, 0.2) is 30.3 Å². The molecule has 3 heterocycles. The van der Waals surface area contributed by atoms with E-state index >= 15 is 0 Å². The fraction of sp³-hybridized carbons (Fsp3) is 0.500. The molecule has 0 saturated carbocycles. The van der Waals surface area contributed by atoms with Crippen molar-refractivity contribution in [2.24, 2.45) is 0 Å². The van der Waals surface area contributed by atoms with Crippen molar-refractivity contribution in [1.29, 1.82) is 0 Å². The number of fused-ring (bicyclic) bond motifs is 1. The Morgan fingerprint density at radius 1 is 1.16 bits per heavy atom. The molecule has 1 aromatic carbocycles. The van der Waals surface area contributed by atoms with Crippen LogP contribution in [0.5, 0.6) is 5.75 Å². The van der Waals surface area contributed by atoms with Crippen molar-refractivity contribution in [2.75, 3.05) is 19.7 Å². The van der Waals surface area contributed by atoms with Gasteiger partial charge in [-0.3, -0.25) is 9.88 Å². The van der Waals surface area contributed by atoms with E-state index in [2.05, 4.69) is 61.0 Å². The summed E-state index contributed by atoms with van der Waals surface area (Å²) < 4.78 is 5.77. The number of ether oxygens (including phenoxy) is 1. The van der Waals surface area contributed by atoms with Gasteiger partial charge in [-0.05, 0) is 81.0 Å². The van der Waals surface area contributed by atoms with Crippen LogP contribution in [0.1, 0.15) is 59.8 Å². The van der Waals surface area contributed by atoms with Gasteiger partial charge in [0, 0.05) is 30.4 Å². The van der Waals surface area contributed by atoms with E-state index in [9.17, 15) is 0 Å². The number of hydrogen-bond donors (Lipinski definition) is 0. The van der Waals surface area contributed by atoms with Gasteiger partial charge >= 0.3 is 0 Å². The third kappa shape index (κ3) is 3.43. The highest BCUT2D eigenvalue weighted by Gasteiger charge is 2.26. The predicted octanol–water partition coefficient (Wildman–Crippen LogP) is 4.57. The van der Waals surface area contributed by atoms with Crippen molar-refractivity contribution in [3.05, 3.63) is 58.4 Å². The van der Waals surface area contributed by atoms with Crippen LogP contribution < -0.4 is 4.74 Å². The van der Waals surface area contributed by atoms with Crippen LogP contribution in [0, 0.1) is 13.8 Å². The highest BCUT2D eigenvalue weighted by Crippen LogP contribution is 2.35. The van der Waals surface area contributed by atoms with Gasteiger partial charge in [-0.2, -0.15) is 0 Å². The van der Waals surface area contributed by atoms with Crippen LogP contribution in [0.2, 0.25) is 0 Å². The molecule has 0 spiro atoms. The molecule has 0 aliphatic carbocycles. The van der Waals surface area contributed by atoms with E-state index in [-0.39, 0.29) is 0 Å². The molecule has 132 valence electrons. The number of likely N-dealkylation sites (tertiary alicyclic amines) is 1. The molecule has 0 radical (unpaired) electrons. The first-order valence-corrected chi connectivity index (χ1v) is 9.55. The molecule has 3 heteroatoms. The highest BCUT2D eigenvalue weighted by atomic mass is 16.5. The molecule has 0 amide bonds. The summed E-state index contributed by atoms with van der Waals surface area (Å²) in [6.07, 6.45) is 3.59. The van der Waals surface area contributed by atoms with Crippen LogP contribution in [-0.2, 0) is 6.42 Å². The van der Waals surface area contributed by atoms with Crippen molar-refractivity contribution in [3.63, 3.8) is 0 Å². The van der Waals surface area contributed by atoms with E-state index in [0.29, 0.717) is 12.0 Å². The topological polar surface area (TPSA) is 25.4 Å². The average molecular weight is 336 g/mol. The van der Waals surface area contributed by atoms with Crippen LogP contribution in [0.4, 0.5) is 0 Å². The van der Waals surface area contributed by atoms with Crippen molar-refractivity contribution in [2.45, 2.75) is 52.0 Å². The average Bonchev–Trinajstić information content (AvgIpc) is 3.08. The second-order valence-electron chi connectivity index (χ2n) is 7.66.